The highest BCUT2D eigenvalue weighted by Gasteiger charge is 2.06. The molecule has 0 atom stereocenters. The van der Waals surface area contributed by atoms with Gasteiger partial charge in [-0.25, -0.2) is 4.39 Å². The van der Waals surface area contributed by atoms with Gasteiger partial charge in [0.25, 0.3) is 0 Å². The molecule has 22 heavy (non-hydrogen) atoms. The summed E-state index contributed by atoms with van der Waals surface area (Å²) in [6, 6.07) is 8.71. The van der Waals surface area contributed by atoms with Gasteiger partial charge in [0.1, 0.15) is 5.82 Å². The molecule has 6 heteroatoms. The van der Waals surface area contributed by atoms with E-state index in [4.69, 9.17) is 11.6 Å². The topological polar surface area (TPSA) is 41.4 Å². The minimum absolute atomic E-state index is 0.273. The summed E-state index contributed by atoms with van der Waals surface area (Å²) in [4.78, 5) is 4.14. The lowest BCUT2D eigenvalue weighted by molar-refractivity contribution is 0.606. The fourth-order valence-corrected chi connectivity index (χ4v) is 2.38. The van der Waals surface area contributed by atoms with E-state index in [0.29, 0.717) is 29.5 Å². The van der Waals surface area contributed by atoms with Crippen LogP contribution >= 0.6 is 11.6 Å². The number of nitrogens with one attached hydrogen (secondary N) is 2. The molecule has 0 amide bonds. The molecule has 2 N–H and O–H groups in total. The summed E-state index contributed by atoms with van der Waals surface area (Å²) >= 11 is 6.00. The van der Waals surface area contributed by atoms with Crippen molar-refractivity contribution >= 4 is 17.6 Å². The Morgan fingerprint density at radius 2 is 1.91 bits per heavy atom. The second-order valence-corrected chi connectivity index (χ2v) is 5.20. The Morgan fingerprint density at radius 1 is 1.18 bits per heavy atom. The molecule has 0 spiro atoms. The number of aromatic nitrogens is 1. The van der Waals surface area contributed by atoms with Crippen molar-refractivity contribution in [2.75, 3.05) is 20.1 Å². The van der Waals surface area contributed by atoms with E-state index in [2.05, 4.69) is 20.2 Å². The number of rotatable bonds is 6. The Kier molecular flexibility index (Phi) is 6.27. The van der Waals surface area contributed by atoms with Gasteiger partial charge in [-0.15, -0.1) is 0 Å². The first-order valence-electron chi connectivity index (χ1n) is 7.19. The van der Waals surface area contributed by atoms with E-state index in [9.17, 15) is 4.39 Å². The molecule has 0 aliphatic rings. The van der Waals surface area contributed by atoms with Crippen molar-refractivity contribution in [2.45, 2.75) is 13.0 Å². The highest BCUT2D eigenvalue weighted by Crippen LogP contribution is 2.18. The molecular formula is C16H20ClFN4. The largest absolute Gasteiger partial charge is 0.356 e. The fraction of sp³-hybridized carbons (Fsp3) is 0.312. The van der Waals surface area contributed by atoms with Gasteiger partial charge in [0.15, 0.2) is 5.96 Å². The molecule has 118 valence electrons. The Morgan fingerprint density at radius 3 is 2.59 bits per heavy atom. The van der Waals surface area contributed by atoms with Crippen LogP contribution in [0.4, 0.5) is 4.39 Å². The molecular weight excluding hydrogens is 303 g/mol. The van der Waals surface area contributed by atoms with Gasteiger partial charge in [0.05, 0.1) is 0 Å². The molecule has 0 aliphatic carbocycles. The first-order chi connectivity index (χ1) is 10.7. The minimum atomic E-state index is -0.273. The number of halogens is 2. The molecule has 2 rings (SSSR count). The zero-order valence-corrected chi connectivity index (χ0v) is 13.3. The Hall–Kier alpha value is -2.01. The van der Waals surface area contributed by atoms with E-state index in [0.717, 1.165) is 13.1 Å². The number of hydrogen-bond donors (Lipinski definition) is 2. The van der Waals surface area contributed by atoms with Crippen molar-refractivity contribution in [3.05, 3.63) is 59.1 Å². The molecule has 4 nitrogen and oxygen atoms in total. The van der Waals surface area contributed by atoms with E-state index >= 15 is 0 Å². The monoisotopic (exact) mass is 322 g/mol. The van der Waals surface area contributed by atoms with Crippen molar-refractivity contribution in [3.63, 3.8) is 0 Å². The Labute approximate surface area is 135 Å². The van der Waals surface area contributed by atoms with Crippen LogP contribution < -0.4 is 10.6 Å². The van der Waals surface area contributed by atoms with Crippen LogP contribution in [-0.2, 0) is 13.0 Å². The maximum absolute atomic E-state index is 13.7. The molecule has 1 aromatic carbocycles. The smallest absolute Gasteiger partial charge is 0.191 e. The number of hydrogen-bond acceptors (Lipinski definition) is 1. The summed E-state index contributed by atoms with van der Waals surface area (Å²) in [7, 11) is 1.71. The van der Waals surface area contributed by atoms with Gasteiger partial charge in [0.2, 0.25) is 0 Å². The van der Waals surface area contributed by atoms with Gasteiger partial charge in [0, 0.05) is 49.7 Å². The maximum atomic E-state index is 13.7. The lowest BCUT2D eigenvalue weighted by Gasteiger charge is -2.13. The van der Waals surface area contributed by atoms with Gasteiger partial charge in [-0.2, -0.15) is 0 Å². The number of guanidine groups is 1. The summed E-state index contributed by atoms with van der Waals surface area (Å²) < 4.78 is 15.7. The second-order valence-electron chi connectivity index (χ2n) is 4.80. The van der Waals surface area contributed by atoms with Crippen LogP contribution in [-0.4, -0.2) is 30.7 Å². The third-order valence-electron chi connectivity index (χ3n) is 3.28. The van der Waals surface area contributed by atoms with E-state index < -0.39 is 0 Å². The SMILES string of the molecule is CN=C(NCCc1c(F)cccc1Cl)NCCn1cccc1. The first kappa shape index (κ1) is 16.4. The van der Waals surface area contributed by atoms with E-state index in [1.807, 2.05) is 24.5 Å². The van der Waals surface area contributed by atoms with Crippen molar-refractivity contribution in [2.24, 2.45) is 4.99 Å². The minimum Gasteiger partial charge on any atom is -0.356 e. The summed E-state index contributed by atoms with van der Waals surface area (Å²) in [5, 5.41) is 6.83. The number of aliphatic imine (C=N–C) groups is 1. The van der Waals surface area contributed by atoms with Crippen LogP contribution in [0.25, 0.3) is 0 Å². The van der Waals surface area contributed by atoms with Crippen molar-refractivity contribution in [3.8, 4) is 0 Å². The van der Waals surface area contributed by atoms with E-state index in [1.165, 1.54) is 6.07 Å². The molecule has 2 aromatic rings. The quantitative estimate of drug-likeness (QED) is 0.634. The average molecular weight is 323 g/mol. The summed E-state index contributed by atoms with van der Waals surface area (Å²) in [5.74, 6) is 0.421. The third kappa shape index (κ3) is 4.77. The molecule has 0 saturated carbocycles. The van der Waals surface area contributed by atoms with E-state index in [1.54, 1.807) is 19.2 Å². The zero-order chi connectivity index (χ0) is 15.8. The van der Waals surface area contributed by atoms with Crippen LogP contribution in [0, 0.1) is 5.82 Å². The molecule has 0 fully saturated rings. The molecule has 0 bridgehead atoms. The van der Waals surface area contributed by atoms with Crippen molar-refractivity contribution in [1.82, 2.24) is 15.2 Å². The van der Waals surface area contributed by atoms with Gasteiger partial charge in [-0.3, -0.25) is 4.99 Å². The number of nitrogens with zero attached hydrogens (tertiary/aromatic N) is 2. The van der Waals surface area contributed by atoms with E-state index in [-0.39, 0.29) is 5.82 Å². The zero-order valence-electron chi connectivity index (χ0n) is 12.5. The predicted octanol–water partition coefficient (Wildman–Crippen LogP) is 2.69. The average Bonchev–Trinajstić information content (AvgIpc) is 3.01. The van der Waals surface area contributed by atoms with Crippen LogP contribution in [0.5, 0.6) is 0 Å². The number of benzene rings is 1. The molecule has 0 unspecified atom stereocenters. The molecule has 0 radical (unpaired) electrons. The molecule has 0 aliphatic heterocycles. The summed E-state index contributed by atoms with van der Waals surface area (Å²) in [6.07, 6.45) is 4.53. The van der Waals surface area contributed by atoms with Crippen LogP contribution in [0.1, 0.15) is 5.56 Å². The summed E-state index contributed by atoms with van der Waals surface area (Å²) in [6.45, 7) is 2.17. The fourth-order valence-electron chi connectivity index (χ4n) is 2.12. The van der Waals surface area contributed by atoms with Crippen LogP contribution in [0.2, 0.25) is 5.02 Å². The maximum Gasteiger partial charge on any atom is 0.191 e. The predicted molar refractivity (Wildman–Crippen MR) is 88.9 cm³/mol. The second kappa shape index (κ2) is 8.44. The van der Waals surface area contributed by atoms with Gasteiger partial charge < -0.3 is 15.2 Å². The normalized spacial score (nSPS) is 11.5. The van der Waals surface area contributed by atoms with Crippen molar-refractivity contribution < 1.29 is 4.39 Å². The van der Waals surface area contributed by atoms with Gasteiger partial charge in [-0.05, 0) is 30.7 Å². The van der Waals surface area contributed by atoms with Crippen LogP contribution in [0.15, 0.2) is 47.7 Å². The highest BCUT2D eigenvalue weighted by atomic mass is 35.5. The Bertz CT molecular complexity index is 590. The third-order valence-corrected chi connectivity index (χ3v) is 3.64. The van der Waals surface area contributed by atoms with Gasteiger partial charge >= 0.3 is 0 Å². The summed E-state index contributed by atoms with van der Waals surface area (Å²) in [5.41, 5.74) is 0.527. The Balaban J connectivity index is 1.74. The molecule has 1 aromatic heterocycles. The molecule has 1 heterocycles. The lowest BCUT2D eigenvalue weighted by atomic mass is 10.1. The lowest BCUT2D eigenvalue weighted by Crippen LogP contribution is -2.39. The standard InChI is InChI=1S/C16H20ClFN4/c1-19-16(21-9-12-22-10-2-3-11-22)20-8-7-13-14(17)5-4-6-15(13)18/h2-6,10-11H,7-9,12H2,1H3,(H2,19,20,21). The van der Waals surface area contributed by atoms with Gasteiger partial charge in [-0.1, -0.05) is 17.7 Å². The highest BCUT2D eigenvalue weighted by molar-refractivity contribution is 6.31. The first-order valence-corrected chi connectivity index (χ1v) is 7.56. The molecule has 0 saturated heterocycles. The van der Waals surface area contributed by atoms with Crippen LogP contribution in [0.3, 0.4) is 0 Å². The van der Waals surface area contributed by atoms with Crippen molar-refractivity contribution in [1.29, 1.82) is 0 Å².